The van der Waals surface area contributed by atoms with Gasteiger partial charge in [0, 0.05) is 0 Å². The van der Waals surface area contributed by atoms with Crippen molar-refractivity contribution in [3.63, 3.8) is 0 Å². The monoisotopic (exact) mass is 856 g/mol. The van der Waals surface area contributed by atoms with Gasteiger partial charge in [0.05, 0.1) is 0 Å². The zero-order valence-electron chi connectivity index (χ0n) is 26.5. The van der Waals surface area contributed by atoms with Gasteiger partial charge in [0.2, 0.25) is 0 Å². The van der Waals surface area contributed by atoms with Crippen LogP contribution in [0.25, 0.3) is 0 Å². The molecule has 1 aromatic rings. The average molecular weight is 857 g/mol. The third-order valence-electron chi connectivity index (χ3n) is 11.4. The van der Waals surface area contributed by atoms with Crippen molar-refractivity contribution in [2.45, 2.75) is 102 Å². The van der Waals surface area contributed by atoms with E-state index in [9.17, 15) is 19.2 Å². The predicted molar refractivity (Wildman–Crippen MR) is 186 cm³/mol. The maximum atomic E-state index is 14.4. The van der Waals surface area contributed by atoms with E-state index in [0.717, 1.165) is 45.7 Å². The Bertz CT molecular complexity index is 1410. The van der Waals surface area contributed by atoms with Crippen LogP contribution >= 0.6 is 43.2 Å². The Kier molecular flexibility index (Phi) is 8.20. The Hall–Kier alpha value is -1.96. The van der Waals surface area contributed by atoms with Crippen molar-refractivity contribution in [1.82, 2.24) is 0 Å². The van der Waals surface area contributed by atoms with Gasteiger partial charge in [0.15, 0.2) is 0 Å². The van der Waals surface area contributed by atoms with Gasteiger partial charge >= 0.3 is 294 Å². The molecule has 0 amide bonds. The van der Waals surface area contributed by atoms with Gasteiger partial charge in [-0.15, -0.1) is 0 Å². The summed E-state index contributed by atoms with van der Waals surface area (Å²) in [5.74, 6) is -0.363. The van der Waals surface area contributed by atoms with Crippen molar-refractivity contribution >= 4 is 67.1 Å². The molecule has 8 nitrogen and oxygen atoms in total. The number of carbonyl (C=O) groups excluding carboxylic acids is 4. The first-order valence-corrected chi connectivity index (χ1v) is 20.3. The SMILES string of the molecule is C=C(C)C(=O)OC12CC3CC(C1)CC(C(=O)OI(OC(=O)C14CC5CC(CC(OC(=O)C(=C)C)(C5)C1)C4)c1cccc(I)c1)(C3)C2. The first-order valence-electron chi connectivity index (χ1n) is 16.4. The first kappa shape index (κ1) is 32.6. The van der Waals surface area contributed by atoms with Gasteiger partial charge in [-0.25, -0.2) is 0 Å². The van der Waals surface area contributed by atoms with Crippen LogP contribution in [0.4, 0.5) is 0 Å². The summed E-state index contributed by atoms with van der Waals surface area (Å²) in [4.78, 5) is 54.1. The van der Waals surface area contributed by atoms with Crippen LogP contribution in [-0.4, -0.2) is 35.1 Å². The Morgan fingerprint density at radius 3 is 1.50 bits per heavy atom. The van der Waals surface area contributed by atoms with Crippen molar-refractivity contribution in [2.24, 2.45) is 34.5 Å². The molecule has 248 valence electrons. The van der Waals surface area contributed by atoms with E-state index in [1.807, 2.05) is 24.3 Å². The van der Waals surface area contributed by atoms with Gasteiger partial charge in [-0.1, -0.05) is 0 Å². The molecule has 0 heterocycles. The molecule has 0 radical (unpaired) electrons. The number of benzene rings is 1. The Morgan fingerprint density at radius 1 is 0.717 bits per heavy atom. The van der Waals surface area contributed by atoms with E-state index >= 15 is 0 Å². The number of carbonyl (C=O) groups is 4. The Morgan fingerprint density at radius 2 is 1.13 bits per heavy atom. The van der Waals surface area contributed by atoms with E-state index in [2.05, 4.69) is 35.7 Å². The van der Waals surface area contributed by atoms with E-state index in [-0.39, 0.29) is 35.6 Å². The molecule has 9 rings (SSSR count). The minimum atomic E-state index is -3.32. The molecule has 0 aliphatic heterocycles. The quantitative estimate of drug-likeness (QED) is 0.141. The first-order chi connectivity index (χ1) is 21.7. The fourth-order valence-electron chi connectivity index (χ4n) is 10.6. The molecule has 8 aliphatic rings. The molecule has 8 bridgehead atoms. The average Bonchev–Trinajstić information content (AvgIpc) is 2.94. The van der Waals surface area contributed by atoms with E-state index < -0.39 is 54.6 Å². The zero-order chi connectivity index (χ0) is 32.6. The van der Waals surface area contributed by atoms with Crippen molar-refractivity contribution in [1.29, 1.82) is 0 Å². The maximum absolute atomic E-state index is 14.4. The second-order valence-corrected chi connectivity index (χ2v) is 20.2. The summed E-state index contributed by atoms with van der Waals surface area (Å²) in [7, 11) is 0. The summed E-state index contributed by atoms with van der Waals surface area (Å²) in [6, 6.07) is 7.69. The van der Waals surface area contributed by atoms with Gasteiger partial charge < -0.3 is 0 Å². The summed E-state index contributed by atoms with van der Waals surface area (Å²) in [5, 5.41) is 0. The fraction of sp³-hybridized carbons (Fsp3) is 0.611. The second-order valence-electron chi connectivity index (χ2n) is 15.6. The van der Waals surface area contributed by atoms with Crippen LogP contribution in [0.3, 0.4) is 0 Å². The molecule has 0 spiro atoms. The summed E-state index contributed by atoms with van der Waals surface area (Å²) in [6.07, 6.45) is 8.73. The van der Waals surface area contributed by atoms with Crippen LogP contribution < -0.4 is 0 Å². The molecule has 0 aromatic heterocycles. The van der Waals surface area contributed by atoms with Gasteiger partial charge in [0.1, 0.15) is 0 Å². The molecule has 8 fully saturated rings. The van der Waals surface area contributed by atoms with E-state index in [0.29, 0.717) is 49.7 Å². The predicted octanol–water partition coefficient (Wildman–Crippen LogP) is 7.80. The molecule has 0 N–H and O–H groups in total. The summed E-state index contributed by atoms with van der Waals surface area (Å²) in [6.45, 7) is 10.8. The fourth-order valence-corrected chi connectivity index (χ4v) is 15.1. The van der Waals surface area contributed by atoms with Crippen LogP contribution in [0, 0.1) is 41.6 Å². The number of ether oxygens (including phenoxy) is 2. The molecule has 46 heavy (non-hydrogen) atoms. The normalized spacial score (nSPS) is 38.1. The Labute approximate surface area is 292 Å². The van der Waals surface area contributed by atoms with Crippen molar-refractivity contribution in [2.75, 3.05) is 0 Å². The van der Waals surface area contributed by atoms with Crippen LogP contribution in [0.2, 0.25) is 0 Å². The second kappa shape index (κ2) is 11.6. The number of hydrogen-bond donors (Lipinski definition) is 0. The summed E-state index contributed by atoms with van der Waals surface area (Å²) < 4.78 is 26.8. The van der Waals surface area contributed by atoms with Gasteiger partial charge in [-0.3, -0.25) is 0 Å². The molecule has 10 heteroatoms. The van der Waals surface area contributed by atoms with Crippen LogP contribution in [0.15, 0.2) is 48.6 Å². The molecule has 4 unspecified atom stereocenters. The number of halogens is 2. The molecule has 4 atom stereocenters. The molecule has 1 aromatic carbocycles. The van der Waals surface area contributed by atoms with E-state index in [1.54, 1.807) is 13.8 Å². The topological polar surface area (TPSA) is 105 Å². The molecule has 8 aliphatic carbocycles. The summed E-state index contributed by atoms with van der Waals surface area (Å²) in [5.41, 5.74) is -2.22. The Balaban J connectivity index is 1.15. The molecule has 0 saturated heterocycles. The van der Waals surface area contributed by atoms with Crippen molar-refractivity contribution < 1.29 is 34.8 Å². The molecular formula is C36H42I2O8. The zero-order valence-corrected chi connectivity index (χ0v) is 30.9. The molecular weight excluding hydrogens is 814 g/mol. The summed E-state index contributed by atoms with van der Waals surface area (Å²) >= 11 is -1.09. The standard InChI is InChI=1S/C36H42I2O8/c1-21(2)29(39)43-35-15-23-8-24(16-35)12-33(11-23,19-35)31(41)45-38(28-7-5-6-27(37)10-28)46-32(42)34-13-25-9-26(14-34)18-36(17-25,20-34)44-30(40)22(3)4/h5-7,10,23-26H,1,3,8-9,11-20H2,2,4H3. The van der Waals surface area contributed by atoms with E-state index in [4.69, 9.17) is 15.6 Å². The van der Waals surface area contributed by atoms with Crippen molar-refractivity contribution in [3.8, 4) is 0 Å². The number of hydrogen-bond acceptors (Lipinski definition) is 8. The number of esters is 2. The van der Waals surface area contributed by atoms with Crippen molar-refractivity contribution in [3.05, 3.63) is 55.7 Å². The van der Waals surface area contributed by atoms with Gasteiger partial charge in [-0.2, -0.15) is 0 Å². The van der Waals surface area contributed by atoms with E-state index in [1.165, 1.54) is 0 Å². The minimum absolute atomic E-state index is 0.277. The van der Waals surface area contributed by atoms with Crippen LogP contribution in [0.5, 0.6) is 0 Å². The number of rotatable bonds is 9. The third-order valence-corrected chi connectivity index (χ3v) is 15.4. The van der Waals surface area contributed by atoms with Crippen LogP contribution in [0.1, 0.15) is 90.9 Å². The van der Waals surface area contributed by atoms with Crippen LogP contribution in [-0.2, 0) is 34.8 Å². The molecule has 8 saturated carbocycles. The van der Waals surface area contributed by atoms with Gasteiger partial charge in [0.25, 0.3) is 0 Å². The third kappa shape index (κ3) is 5.85. The van der Waals surface area contributed by atoms with Gasteiger partial charge in [-0.05, 0) is 0 Å².